The Morgan fingerprint density at radius 3 is 2.75 bits per heavy atom. The first kappa shape index (κ1) is 14.9. The van der Waals surface area contributed by atoms with Crippen LogP contribution in [0.4, 0.5) is 0 Å². The summed E-state index contributed by atoms with van der Waals surface area (Å²) >= 11 is 0. The number of methoxy groups -OCH3 is 1. The molecule has 2 N–H and O–H groups in total. The van der Waals surface area contributed by atoms with Crippen LogP contribution in [-0.2, 0) is 0 Å². The van der Waals surface area contributed by atoms with E-state index in [1.54, 1.807) is 19.2 Å². The molecule has 0 saturated carbocycles. The van der Waals surface area contributed by atoms with Crippen LogP contribution in [0.5, 0.6) is 11.5 Å². The van der Waals surface area contributed by atoms with E-state index in [0.717, 1.165) is 49.5 Å². The largest absolute Gasteiger partial charge is 0.508 e. The van der Waals surface area contributed by atoms with Gasteiger partial charge < -0.3 is 15.2 Å². The molecule has 0 radical (unpaired) electrons. The molecule has 2 rings (SSSR count). The molecule has 1 aliphatic rings. The first-order valence-corrected chi connectivity index (χ1v) is 7.08. The molecular formula is C16H24N2O2. The monoisotopic (exact) mass is 276 g/mol. The van der Waals surface area contributed by atoms with Crippen LogP contribution in [-0.4, -0.2) is 43.3 Å². The van der Waals surface area contributed by atoms with Gasteiger partial charge in [0.15, 0.2) is 0 Å². The van der Waals surface area contributed by atoms with Gasteiger partial charge in [-0.1, -0.05) is 5.57 Å². The van der Waals surface area contributed by atoms with E-state index in [2.05, 4.69) is 16.8 Å². The van der Waals surface area contributed by atoms with E-state index in [0.29, 0.717) is 5.75 Å². The van der Waals surface area contributed by atoms with Crippen LogP contribution in [0.2, 0.25) is 0 Å². The topological polar surface area (TPSA) is 44.7 Å². The second-order valence-corrected chi connectivity index (χ2v) is 5.39. The fourth-order valence-electron chi connectivity index (χ4n) is 2.69. The summed E-state index contributed by atoms with van der Waals surface area (Å²) in [4.78, 5) is 2.40. The number of hydrogen-bond acceptors (Lipinski definition) is 4. The fourth-order valence-corrected chi connectivity index (χ4v) is 2.69. The Morgan fingerprint density at radius 2 is 2.15 bits per heavy atom. The minimum atomic E-state index is 0.157. The van der Waals surface area contributed by atoms with Crippen molar-refractivity contribution in [2.45, 2.75) is 19.4 Å². The molecular weight excluding hydrogens is 252 g/mol. The lowest BCUT2D eigenvalue weighted by Crippen LogP contribution is -2.45. The lowest BCUT2D eigenvalue weighted by molar-refractivity contribution is 0.169. The summed E-state index contributed by atoms with van der Waals surface area (Å²) < 4.78 is 5.29. The van der Waals surface area contributed by atoms with Gasteiger partial charge in [0.25, 0.3) is 0 Å². The lowest BCUT2D eigenvalue weighted by Gasteiger charge is -2.35. The van der Waals surface area contributed by atoms with E-state index in [-0.39, 0.29) is 6.04 Å². The van der Waals surface area contributed by atoms with Crippen LogP contribution >= 0.6 is 0 Å². The molecule has 1 atom stereocenters. The smallest absolute Gasteiger partial charge is 0.120 e. The number of benzene rings is 1. The number of rotatable bonds is 5. The molecule has 20 heavy (non-hydrogen) atoms. The van der Waals surface area contributed by atoms with Crippen LogP contribution in [0.3, 0.4) is 0 Å². The molecule has 0 unspecified atom stereocenters. The highest BCUT2D eigenvalue weighted by atomic mass is 16.5. The zero-order valence-electron chi connectivity index (χ0n) is 12.4. The Balaban J connectivity index is 2.31. The third-order valence-corrected chi connectivity index (χ3v) is 3.73. The van der Waals surface area contributed by atoms with E-state index in [1.807, 2.05) is 13.0 Å². The molecule has 0 aliphatic carbocycles. The van der Waals surface area contributed by atoms with Gasteiger partial charge >= 0.3 is 0 Å². The van der Waals surface area contributed by atoms with E-state index in [9.17, 15) is 5.11 Å². The van der Waals surface area contributed by atoms with Crippen LogP contribution in [0.15, 0.2) is 30.4 Å². The number of nitrogens with zero attached hydrogens (tertiary/aromatic N) is 1. The SMILES string of the molecule is C=C(C)C[C@H](c1cc(OC)ccc1O)N1CCNCC1. The molecule has 110 valence electrons. The Kier molecular flexibility index (Phi) is 5.04. The van der Waals surface area contributed by atoms with Crippen molar-refractivity contribution >= 4 is 0 Å². The molecule has 1 aromatic carbocycles. The number of nitrogens with one attached hydrogen (secondary N) is 1. The maximum Gasteiger partial charge on any atom is 0.120 e. The molecule has 1 saturated heterocycles. The van der Waals surface area contributed by atoms with Gasteiger partial charge in [-0.25, -0.2) is 0 Å². The highest BCUT2D eigenvalue weighted by Gasteiger charge is 2.24. The van der Waals surface area contributed by atoms with Crippen LogP contribution in [0, 0.1) is 0 Å². The fraction of sp³-hybridized carbons (Fsp3) is 0.500. The number of hydrogen-bond donors (Lipinski definition) is 2. The van der Waals surface area contributed by atoms with Gasteiger partial charge in [0.2, 0.25) is 0 Å². The van der Waals surface area contributed by atoms with E-state index in [1.165, 1.54) is 0 Å². The van der Waals surface area contributed by atoms with Crippen molar-refractivity contribution < 1.29 is 9.84 Å². The normalized spacial score (nSPS) is 17.7. The molecule has 0 spiro atoms. The maximum absolute atomic E-state index is 10.2. The molecule has 1 fully saturated rings. The number of phenolic OH excluding ortho intramolecular Hbond substituents is 1. The summed E-state index contributed by atoms with van der Waals surface area (Å²) in [6.07, 6.45) is 0.848. The summed E-state index contributed by atoms with van der Waals surface area (Å²) in [5.41, 5.74) is 2.05. The van der Waals surface area contributed by atoms with Gasteiger partial charge in [-0.3, -0.25) is 4.90 Å². The van der Waals surface area contributed by atoms with Gasteiger partial charge in [-0.2, -0.15) is 0 Å². The number of piperazine rings is 1. The summed E-state index contributed by atoms with van der Waals surface area (Å²) in [6.45, 7) is 10.00. The Hall–Kier alpha value is -1.52. The van der Waals surface area contributed by atoms with E-state index >= 15 is 0 Å². The van der Waals surface area contributed by atoms with Crippen molar-refractivity contribution in [1.29, 1.82) is 0 Å². The molecule has 1 heterocycles. The number of aromatic hydroxyl groups is 1. The lowest BCUT2D eigenvalue weighted by atomic mass is 9.97. The molecule has 0 bridgehead atoms. The molecule has 1 aliphatic heterocycles. The summed E-state index contributed by atoms with van der Waals surface area (Å²) in [5.74, 6) is 1.11. The highest BCUT2D eigenvalue weighted by molar-refractivity contribution is 5.41. The minimum Gasteiger partial charge on any atom is -0.508 e. The number of phenols is 1. The second-order valence-electron chi connectivity index (χ2n) is 5.39. The van der Waals surface area contributed by atoms with E-state index < -0.39 is 0 Å². The predicted molar refractivity (Wildman–Crippen MR) is 81.3 cm³/mol. The second kappa shape index (κ2) is 6.77. The van der Waals surface area contributed by atoms with Crippen molar-refractivity contribution in [3.8, 4) is 11.5 Å². The Bertz CT molecular complexity index is 468. The quantitative estimate of drug-likeness (QED) is 0.810. The Morgan fingerprint density at radius 1 is 1.45 bits per heavy atom. The van der Waals surface area contributed by atoms with Crippen molar-refractivity contribution in [2.75, 3.05) is 33.3 Å². The van der Waals surface area contributed by atoms with Gasteiger partial charge in [0.1, 0.15) is 11.5 Å². The van der Waals surface area contributed by atoms with Crippen LogP contribution in [0.1, 0.15) is 24.9 Å². The van der Waals surface area contributed by atoms with Gasteiger partial charge in [0.05, 0.1) is 7.11 Å². The average Bonchev–Trinajstić information content (AvgIpc) is 2.46. The highest BCUT2D eigenvalue weighted by Crippen LogP contribution is 2.35. The first-order valence-electron chi connectivity index (χ1n) is 7.08. The van der Waals surface area contributed by atoms with Gasteiger partial charge in [-0.15, -0.1) is 6.58 Å². The zero-order chi connectivity index (χ0) is 14.5. The zero-order valence-corrected chi connectivity index (χ0v) is 12.4. The first-order chi connectivity index (χ1) is 9.61. The summed E-state index contributed by atoms with van der Waals surface area (Å²) in [7, 11) is 1.65. The standard InChI is InChI=1S/C16H24N2O2/c1-12(2)10-15(18-8-6-17-7-9-18)14-11-13(20-3)4-5-16(14)19/h4-5,11,15,17,19H,1,6-10H2,2-3H3/t15-/m1/s1. The average molecular weight is 276 g/mol. The molecule has 1 aromatic rings. The molecule has 0 amide bonds. The van der Waals surface area contributed by atoms with Crippen LogP contribution < -0.4 is 10.1 Å². The van der Waals surface area contributed by atoms with Gasteiger partial charge in [-0.05, 0) is 31.5 Å². The van der Waals surface area contributed by atoms with Crippen molar-refractivity contribution in [3.63, 3.8) is 0 Å². The predicted octanol–water partition coefficient (Wildman–Crippen LogP) is 2.31. The van der Waals surface area contributed by atoms with Crippen LogP contribution in [0.25, 0.3) is 0 Å². The summed E-state index contributed by atoms with van der Waals surface area (Å²) in [6, 6.07) is 5.59. The molecule has 4 nitrogen and oxygen atoms in total. The summed E-state index contributed by atoms with van der Waals surface area (Å²) in [5, 5.41) is 13.6. The van der Waals surface area contributed by atoms with E-state index in [4.69, 9.17) is 4.74 Å². The molecule has 0 aromatic heterocycles. The maximum atomic E-state index is 10.2. The Labute approximate surface area is 121 Å². The third kappa shape index (κ3) is 3.52. The number of ether oxygens (including phenoxy) is 1. The minimum absolute atomic E-state index is 0.157. The van der Waals surface area contributed by atoms with Gasteiger partial charge in [0, 0.05) is 37.8 Å². The van der Waals surface area contributed by atoms with Crippen molar-refractivity contribution in [2.24, 2.45) is 0 Å². The van der Waals surface area contributed by atoms with Crippen molar-refractivity contribution in [1.82, 2.24) is 10.2 Å². The van der Waals surface area contributed by atoms with Crippen molar-refractivity contribution in [3.05, 3.63) is 35.9 Å². The third-order valence-electron chi connectivity index (χ3n) is 3.73. The molecule has 4 heteroatoms.